The second-order valence-corrected chi connectivity index (χ2v) is 6.27. The number of carbonyl (C=O) groups is 3. The van der Waals surface area contributed by atoms with Crippen LogP contribution in [0.15, 0.2) is 24.3 Å². The molecule has 1 fully saturated rings. The normalized spacial score (nSPS) is 18.1. The lowest BCUT2D eigenvalue weighted by atomic mass is 9.86. The summed E-state index contributed by atoms with van der Waals surface area (Å²) in [4.78, 5) is 36.7. The van der Waals surface area contributed by atoms with Crippen LogP contribution < -0.4 is 5.32 Å². The lowest BCUT2D eigenvalue weighted by molar-refractivity contribution is -0.142. The monoisotopic (exact) mass is 304 g/mol. The van der Waals surface area contributed by atoms with E-state index < -0.39 is 23.9 Å². The van der Waals surface area contributed by atoms with Gasteiger partial charge in [-0.25, -0.2) is 9.59 Å². The maximum absolute atomic E-state index is 12.4. The van der Waals surface area contributed by atoms with Gasteiger partial charge < -0.3 is 10.1 Å². The number of amides is 3. The number of rotatable bonds is 2. The number of hydrogen-bond donors (Lipinski definition) is 1. The van der Waals surface area contributed by atoms with Crippen molar-refractivity contribution in [1.29, 1.82) is 0 Å². The van der Waals surface area contributed by atoms with E-state index in [1.54, 1.807) is 12.1 Å². The maximum atomic E-state index is 12.4. The predicted octanol–water partition coefficient (Wildman–Crippen LogP) is 1.69. The van der Waals surface area contributed by atoms with Crippen molar-refractivity contribution in [3.8, 4) is 0 Å². The van der Waals surface area contributed by atoms with Crippen LogP contribution in [0.4, 0.5) is 4.79 Å². The van der Waals surface area contributed by atoms with Crippen LogP contribution in [0.1, 0.15) is 36.7 Å². The molecule has 0 saturated carbocycles. The van der Waals surface area contributed by atoms with Crippen LogP contribution in [-0.4, -0.2) is 42.5 Å². The van der Waals surface area contributed by atoms with Crippen molar-refractivity contribution in [3.05, 3.63) is 35.4 Å². The van der Waals surface area contributed by atoms with E-state index in [0.29, 0.717) is 5.56 Å². The van der Waals surface area contributed by atoms with Gasteiger partial charge in [-0.2, -0.15) is 0 Å². The number of urea groups is 1. The van der Waals surface area contributed by atoms with Crippen molar-refractivity contribution < 1.29 is 19.1 Å². The van der Waals surface area contributed by atoms with E-state index >= 15 is 0 Å². The van der Waals surface area contributed by atoms with E-state index in [1.165, 1.54) is 7.11 Å². The lowest BCUT2D eigenvalue weighted by Gasteiger charge is -2.19. The molecule has 1 aromatic rings. The molecule has 1 aliphatic heterocycles. The van der Waals surface area contributed by atoms with Gasteiger partial charge in [0, 0.05) is 5.56 Å². The fraction of sp³-hybridized carbons (Fsp3) is 0.438. The first-order chi connectivity index (χ1) is 10.2. The zero-order chi connectivity index (χ0) is 16.5. The molecule has 0 aliphatic carbocycles. The van der Waals surface area contributed by atoms with E-state index in [2.05, 4.69) is 30.8 Å². The van der Waals surface area contributed by atoms with Gasteiger partial charge in [-0.3, -0.25) is 9.69 Å². The molecule has 6 heteroatoms. The summed E-state index contributed by atoms with van der Waals surface area (Å²) in [6.07, 6.45) is 0. The second-order valence-electron chi connectivity index (χ2n) is 6.27. The Balaban J connectivity index is 2.15. The number of methoxy groups -OCH3 is 1. The summed E-state index contributed by atoms with van der Waals surface area (Å²) in [5.41, 5.74) is 1.50. The van der Waals surface area contributed by atoms with Gasteiger partial charge in [0.1, 0.15) is 6.04 Å². The number of carbonyl (C=O) groups excluding carboxylic acids is 3. The van der Waals surface area contributed by atoms with E-state index in [1.807, 2.05) is 12.1 Å². The molecule has 1 N–H and O–H groups in total. The van der Waals surface area contributed by atoms with Crippen LogP contribution in [0.5, 0.6) is 0 Å². The molecule has 0 bridgehead atoms. The third-order valence-electron chi connectivity index (χ3n) is 3.64. The number of benzene rings is 1. The average Bonchev–Trinajstić information content (AvgIpc) is 2.87. The van der Waals surface area contributed by atoms with Crippen molar-refractivity contribution >= 4 is 17.9 Å². The topological polar surface area (TPSA) is 75.7 Å². The Hall–Kier alpha value is -2.37. The minimum absolute atomic E-state index is 0.0113. The third-order valence-corrected chi connectivity index (χ3v) is 3.64. The van der Waals surface area contributed by atoms with Gasteiger partial charge in [0.25, 0.3) is 5.91 Å². The third kappa shape index (κ3) is 3.10. The molecule has 1 saturated heterocycles. The molecule has 3 amide bonds. The van der Waals surface area contributed by atoms with Crippen molar-refractivity contribution in [2.24, 2.45) is 0 Å². The molecule has 0 aromatic heterocycles. The lowest BCUT2D eigenvalue weighted by Crippen LogP contribution is -2.35. The quantitative estimate of drug-likeness (QED) is 0.844. The van der Waals surface area contributed by atoms with Crippen LogP contribution in [0.2, 0.25) is 0 Å². The van der Waals surface area contributed by atoms with Gasteiger partial charge in [0.2, 0.25) is 0 Å². The molecule has 0 radical (unpaired) electrons. The summed E-state index contributed by atoms with van der Waals surface area (Å²) in [6.45, 7) is 6.22. The Morgan fingerprint density at radius 1 is 1.23 bits per heavy atom. The fourth-order valence-electron chi connectivity index (χ4n) is 2.26. The first kappa shape index (κ1) is 16.0. The van der Waals surface area contributed by atoms with Crippen molar-refractivity contribution in [1.82, 2.24) is 10.2 Å². The zero-order valence-corrected chi connectivity index (χ0v) is 13.2. The Bertz CT molecular complexity index is 602. The average molecular weight is 304 g/mol. The fourth-order valence-corrected chi connectivity index (χ4v) is 2.26. The largest absolute Gasteiger partial charge is 0.467 e. The molecular formula is C16H20N2O4. The first-order valence-corrected chi connectivity index (χ1v) is 7.05. The molecule has 1 atom stereocenters. The van der Waals surface area contributed by atoms with Crippen LogP contribution >= 0.6 is 0 Å². The predicted molar refractivity (Wildman–Crippen MR) is 80.5 cm³/mol. The summed E-state index contributed by atoms with van der Waals surface area (Å²) in [7, 11) is 1.24. The highest BCUT2D eigenvalue weighted by atomic mass is 16.5. The Morgan fingerprint density at radius 2 is 1.82 bits per heavy atom. The van der Waals surface area contributed by atoms with Crippen molar-refractivity contribution in [2.75, 3.05) is 13.7 Å². The number of imide groups is 1. The number of nitrogens with one attached hydrogen (secondary N) is 1. The van der Waals surface area contributed by atoms with Crippen molar-refractivity contribution in [2.45, 2.75) is 32.2 Å². The van der Waals surface area contributed by atoms with Gasteiger partial charge in [0.15, 0.2) is 0 Å². The van der Waals surface area contributed by atoms with E-state index in [4.69, 9.17) is 0 Å². The Labute approximate surface area is 129 Å². The summed E-state index contributed by atoms with van der Waals surface area (Å²) < 4.78 is 4.58. The molecule has 22 heavy (non-hydrogen) atoms. The number of nitrogens with zero attached hydrogens (tertiary/aromatic N) is 1. The van der Waals surface area contributed by atoms with Crippen LogP contribution in [0.25, 0.3) is 0 Å². The minimum atomic E-state index is -0.810. The first-order valence-electron chi connectivity index (χ1n) is 7.05. The van der Waals surface area contributed by atoms with Gasteiger partial charge in [-0.15, -0.1) is 0 Å². The molecule has 1 heterocycles. The standard InChI is InChI=1S/C16H20N2O4/c1-16(2,3)11-7-5-10(6-8-11)13(19)18-9-12(14(20)22-4)17-15(18)21/h5-8,12H,9H2,1-4H3,(H,17,21)/t12-/m0/s1. The van der Waals surface area contributed by atoms with Crippen LogP contribution in [0, 0.1) is 0 Å². The van der Waals surface area contributed by atoms with Gasteiger partial charge in [0.05, 0.1) is 13.7 Å². The molecule has 1 aromatic carbocycles. The summed E-state index contributed by atoms with van der Waals surface area (Å²) in [5.74, 6) is -0.990. The smallest absolute Gasteiger partial charge is 0.330 e. The molecule has 118 valence electrons. The Morgan fingerprint density at radius 3 is 2.32 bits per heavy atom. The van der Waals surface area contributed by atoms with Gasteiger partial charge >= 0.3 is 12.0 Å². The molecule has 0 spiro atoms. The molecular weight excluding hydrogens is 284 g/mol. The highest BCUT2D eigenvalue weighted by Gasteiger charge is 2.38. The van der Waals surface area contributed by atoms with E-state index in [0.717, 1.165) is 10.5 Å². The van der Waals surface area contributed by atoms with Gasteiger partial charge in [-0.1, -0.05) is 32.9 Å². The second kappa shape index (κ2) is 5.79. The summed E-state index contributed by atoms with van der Waals surface area (Å²) in [5, 5.41) is 2.43. The molecule has 0 unspecified atom stereocenters. The molecule has 1 aliphatic rings. The number of ether oxygens (including phenoxy) is 1. The molecule has 6 nitrogen and oxygen atoms in total. The number of esters is 1. The maximum Gasteiger partial charge on any atom is 0.330 e. The van der Waals surface area contributed by atoms with E-state index in [9.17, 15) is 14.4 Å². The van der Waals surface area contributed by atoms with Crippen LogP contribution in [-0.2, 0) is 14.9 Å². The summed E-state index contributed by atoms with van der Waals surface area (Å²) in [6, 6.07) is 5.75. The molecule has 2 rings (SSSR count). The van der Waals surface area contributed by atoms with Gasteiger partial charge in [-0.05, 0) is 23.1 Å². The summed E-state index contributed by atoms with van der Waals surface area (Å²) >= 11 is 0. The highest BCUT2D eigenvalue weighted by molar-refractivity contribution is 6.06. The van der Waals surface area contributed by atoms with Crippen LogP contribution in [0.3, 0.4) is 0 Å². The SMILES string of the molecule is COC(=O)[C@@H]1CN(C(=O)c2ccc(C(C)(C)C)cc2)C(=O)N1. The minimum Gasteiger partial charge on any atom is -0.467 e. The zero-order valence-electron chi connectivity index (χ0n) is 13.2. The number of hydrogen-bond acceptors (Lipinski definition) is 4. The Kier molecular flexibility index (Phi) is 4.21. The van der Waals surface area contributed by atoms with E-state index in [-0.39, 0.29) is 12.0 Å². The van der Waals surface area contributed by atoms with Crippen molar-refractivity contribution in [3.63, 3.8) is 0 Å². The highest BCUT2D eigenvalue weighted by Crippen LogP contribution is 2.23.